The number of aliphatic imine (C=N–C) groups is 1. The van der Waals surface area contributed by atoms with Crippen molar-refractivity contribution in [3.05, 3.63) is 72.4 Å². The molecule has 0 saturated heterocycles. The lowest BCUT2D eigenvalue weighted by atomic mass is 10.2. The van der Waals surface area contributed by atoms with E-state index in [-0.39, 0.29) is 5.82 Å². The van der Waals surface area contributed by atoms with Crippen molar-refractivity contribution in [1.82, 2.24) is 20.2 Å². The number of ether oxygens (including phenoxy) is 1. The van der Waals surface area contributed by atoms with E-state index in [2.05, 4.69) is 20.3 Å². The van der Waals surface area contributed by atoms with Crippen molar-refractivity contribution in [2.75, 3.05) is 27.2 Å². The van der Waals surface area contributed by atoms with Crippen LogP contribution in [-0.4, -0.2) is 48.1 Å². The molecule has 28 heavy (non-hydrogen) atoms. The second kappa shape index (κ2) is 9.55. The maximum Gasteiger partial charge on any atom is 0.193 e. The summed E-state index contributed by atoms with van der Waals surface area (Å²) in [6.07, 6.45) is 1.83. The Balaban J connectivity index is 1.48. The molecule has 1 heterocycles. The zero-order chi connectivity index (χ0) is 19.8. The summed E-state index contributed by atoms with van der Waals surface area (Å²) in [5, 5.41) is 3.23. The molecule has 7 heteroatoms. The standard InChI is InChI=1S/C21H24FN5O/c1-23-21(24-11-12-28-18-10-6-9-17(22)13-18)27(2)15-20-25-14-19(26-20)16-7-4-3-5-8-16/h3-10,13-14H,11-12,15H2,1-2H3,(H,23,24)(H,25,26). The van der Waals surface area contributed by atoms with E-state index >= 15 is 0 Å². The first-order chi connectivity index (χ1) is 13.7. The minimum atomic E-state index is -0.311. The van der Waals surface area contributed by atoms with Crippen LogP contribution in [0.15, 0.2) is 65.8 Å². The smallest absolute Gasteiger partial charge is 0.193 e. The molecule has 0 aliphatic carbocycles. The zero-order valence-corrected chi connectivity index (χ0v) is 16.0. The maximum atomic E-state index is 13.2. The number of rotatable bonds is 7. The average molecular weight is 381 g/mol. The predicted octanol–water partition coefficient (Wildman–Crippen LogP) is 3.30. The van der Waals surface area contributed by atoms with Crippen LogP contribution in [-0.2, 0) is 6.54 Å². The molecule has 0 radical (unpaired) electrons. The molecule has 1 aromatic heterocycles. The Morgan fingerprint density at radius 3 is 2.79 bits per heavy atom. The van der Waals surface area contributed by atoms with Crippen LogP contribution in [0.4, 0.5) is 4.39 Å². The molecule has 2 N–H and O–H groups in total. The average Bonchev–Trinajstić information content (AvgIpc) is 3.17. The second-order valence-electron chi connectivity index (χ2n) is 6.25. The van der Waals surface area contributed by atoms with Crippen LogP contribution in [0, 0.1) is 5.82 Å². The highest BCUT2D eigenvalue weighted by atomic mass is 19.1. The largest absolute Gasteiger partial charge is 0.492 e. The number of imidazole rings is 1. The Morgan fingerprint density at radius 1 is 1.21 bits per heavy atom. The van der Waals surface area contributed by atoms with Crippen LogP contribution in [0.5, 0.6) is 5.75 Å². The summed E-state index contributed by atoms with van der Waals surface area (Å²) < 4.78 is 18.7. The van der Waals surface area contributed by atoms with Crippen LogP contribution in [0.2, 0.25) is 0 Å². The van der Waals surface area contributed by atoms with Gasteiger partial charge >= 0.3 is 0 Å². The SMILES string of the molecule is CN=C(NCCOc1cccc(F)c1)N(C)Cc1ncc(-c2ccccc2)[nH]1. The number of benzene rings is 2. The van der Waals surface area contributed by atoms with Gasteiger partial charge in [0.05, 0.1) is 25.0 Å². The number of hydrogen-bond donors (Lipinski definition) is 2. The van der Waals surface area contributed by atoms with E-state index in [9.17, 15) is 4.39 Å². The lowest BCUT2D eigenvalue weighted by Gasteiger charge is -2.21. The third-order valence-corrected chi connectivity index (χ3v) is 4.12. The molecule has 0 spiro atoms. The van der Waals surface area contributed by atoms with Gasteiger partial charge in [0.15, 0.2) is 5.96 Å². The number of guanidine groups is 1. The predicted molar refractivity (Wildman–Crippen MR) is 109 cm³/mol. The molecule has 146 valence electrons. The van der Waals surface area contributed by atoms with E-state index in [0.29, 0.717) is 25.4 Å². The van der Waals surface area contributed by atoms with Gasteiger partial charge in [0, 0.05) is 20.2 Å². The highest BCUT2D eigenvalue weighted by Crippen LogP contribution is 2.16. The number of hydrogen-bond acceptors (Lipinski definition) is 3. The fraction of sp³-hybridized carbons (Fsp3) is 0.238. The number of aromatic nitrogens is 2. The summed E-state index contributed by atoms with van der Waals surface area (Å²) >= 11 is 0. The van der Waals surface area contributed by atoms with Gasteiger partial charge in [-0.25, -0.2) is 9.37 Å². The summed E-state index contributed by atoms with van der Waals surface area (Å²) in [5.41, 5.74) is 2.08. The molecular formula is C21H24FN5O. The van der Waals surface area contributed by atoms with Crippen molar-refractivity contribution in [1.29, 1.82) is 0 Å². The second-order valence-corrected chi connectivity index (χ2v) is 6.25. The third kappa shape index (κ3) is 5.33. The van der Waals surface area contributed by atoms with Gasteiger partial charge in [-0.3, -0.25) is 4.99 Å². The molecule has 0 saturated carbocycles. The van der Waals surface area contributed by atoms with Crippen molar-refractivity contribution >= 4 is 5.96 Å². The molecule has 3 aromatic rings. The van der Waals surface area contributed by atoms with Gasteiger partial charge in [-0.05, 0) is 17.7 Å². The van der Waals surface area contributed by atoms with Crippen molar-refractivity contribution in [3.63, 3.8) is 0 Å². The van der Waals surface area contributed by atoms with E-state index in [1.807, 2.05) is 48.5 Å². The minimum Gasteiger partial charge on any atom is -0.492 e. The molecule has 0 bridgehead atoms. The Bertz CT molecular complexity index is 910. The van der Waals surface area contributed by atoms with E-state index in [1.54, 1.807) is 19.2 Å². The number of nitrogens with zero attached hydrogens (tertiary/aromatic N) is 3. The summed E-state index contributed by atoms with van der Waals surface area (Å²) in [4.78, 5) is 14.0. The van der Waals surface area contributed by atoms with Gasteiger partial charge in [-0.2, -0.15) is 0 Å². The molecule has 0 unspecified atom stereocenters. The fourth-order valence-corrected chi connectivity index (χ4v) is 2.78. The van der Waals surface area contributed by atoms with Gasteiger partial charge in [0.2, 0.25) is 0 Å². The normalized spacial score (nSPS) is 11.3. The Hall–Kier alpha value is -3.35. The van der Waals surface area contributed by atoms with Gasteiger partial charge in [-0.1, -0.05) is 36.4 Å². The van der Waals surface area contributed by atoms with Crippen LogP contribution in [0.25, 0.3) is 11.3 Å². The highest BCUT2D eigenvalue weighted by molar-refractivity contribution is 5.79. The first-order valence-electron chi connectivity index (χ1n) is 9.05. The maximum absolute atomic E-state index is 13.2. The van der Waals surface area contributed by atoms with E-state index in [4.69, 9.17) is 4.74 Å². The molecule has 3 rings (SSSR count). The number of H-pyrrole nitrogens is 1. The van der Waals surface area contributed by atoms with Crippen molar-refractivity contribution < 1.29 is 9.13 Å². The van der Waals surface area contributed by atoms with Crippen molar-refractivity contribution in [2.24, 2.45) is 4.99 Å². The Morgan fingerprint density at radius 2 is 2.04 bits per heavy atom. The monoisotopic (exact) mass is 381 g/mol. The van der Waals surface area contributed by atoms with Crippen LogP contribution in [0.3, 0.4) is 0 Å². The quantitative estimate of drug-likeness (QED) is 0.374. The van der Waals surface area contributed by atoms with Crippen LogP contribution in [0.1, 0.15) is 5.82 Å². The van der Waals surface area contributed by atoms with Gasteiger partial charge in [0.1, 0.15) is 24.0 Å². The van der Waals surface area contributed by atoms with Gasteiger partial charge in [-0.15, -0.1) is 0 Å². The molecule has 6 nitrogen and oxygen atoms in total. The number of nitrogens with one attached hydrogen (secondary N) is 2. The van der Waals surface area contributed by atoms with Crippen LogP contribution >= 0.6 is 0 Å². The molecule has 0 fully saturated rings. The zero-order valence-electron chi connectivity index (χ0n) is 16.0. The summed E-state index contributed by atoms with van der Waals surface area (Å²) in [6.45, 7) is 1.52. The van der Waals surface area contributed by atoms with Gasteiger partial charge < -0.3 is 19.9 Å². The molecule has 0 aliphatic heterocycles. The van der Waals surface area contributed by atoms with E-state index in [1.165, 1.54) is 12.1 Å². The fourth-order valence-electron chi connectivity index (χ4n) is 2.78. The lowest BCUT2D eigenvalue weighted by molar-refractivity contribution is 0.317. The number of halogens is 1. The Labute approximate surface area is 164 Å². The van der Waals surface area contributed by atoms with Gasteiger partial charge in [0.25, 0.3) is 0 Å². The van der Waals surface area contributed by atoms with E-state index < -0.39 is 0 Å². The minimum absolute atomic E-state index is 0.311. The summed E-state index contributed by atoms with van der Waals surface area (Å²) in [5.74, 6) is 1.77. The molecule has 0 aliphatic rings. The molecule has 0 atom stereocenters. The summed E-state index contributed by atoms with van der Waals surface area (Å²) in [6, 6.07) is 16.2. The van der Waals surface area contributed by atoms with Crippen LogP contribution < -0.4 is 10.1 Å². The summed E-state index contributed by atoms with van der Waals surface area (Å²) in [7, 11) is 3.66. The first kappa shape index (κ1) is 19.4. The first-order valence-corrected chi connectivity index (χ1v) is 9.05. The Kier molecular flexibility index (Phi) is 6.62. The highest BCUT2D eigenvalue weighted by Gasteiger charge is 2.09. The molecular weight excluding hydrogens is 357 g/mol. The molecule has 2 aromatic carbocycles. The third-order valence-electron chi connectivity index (χ3n) is 4.12. The van der Waals surface area contributed by atoms with Crippen molar-refractivity contribution in [2.45, 2.75) is 6.54 Å². The molecule has 0 amide bonds. The lowest BCUT2D eigenvalue weighted by Crippen LogP contribution is -2.40. The topological polar surface area (TPSA) is 65.5 Å². The van der Waals surface area contributed by atoms with Crippen molar-refractivity contribution in [3.8, 4) is 17.0 Å². The number of aromatic amines is 1. The van der Waals surface area contributed by atoms with E-state index in [0.717, 1.165) is 23.0 Å².